The van der Waals surface area contributed by atoms with Crippen LogP contribution in [0.3, 0.4) is 0 Å². The van der Waals surface area contributed by atoms with Crippen molar-refractivity contribution in [2.24, 2.45) is 0 Å². The number of ether oxygens (including phenoxy) is 1. The number of hydrogen-bond acceptors (Lipinski definition) is 10. The third kappa shape index (κ3) is 5.30. The molecular weight excluding hydrogens is 658 g/mol. The molecule has 2 unspecified atom stereocenters. The van der Waals surface area contributed by atoms with E-state index in [0.29, 0.717) is 30.0 Å². The molecule has 2 aliphatic heterocycles. The molecule has 2 atom stereocenters. The first-order valence-corrected chi connectivity index (χ1v) is 15.7. The van der Waals surface area contributed by atoms with E-state index in [2.05, 4.69) is 20.2 Å². The Hall–Kier alpha value is -4.75. The van der Waals surface area contributed by atoms with Gasteiger partial charge in [-0.15, -0.1) is 11.3 Å². The standard InChI is InChI=1S/C32H26F6N8OS/c1-45(14-17-4-2-8-41-44-17)29-19-10-21(32(36,37)38)24(18-5-6-22(34)27-23(18)20(12-39)28(40)48-27)25(35)26(19)42-30(43-29)47-15-31-7-3-9-46(31)13-16(33)11-31/h2,4-6,8,10,16H,3,7,9,11,13-15,40H2,1H3. The first kappa shape index (κ1) is 31.8. The molecule has 0 amide bonds. The second-order valence-electron chi connectivity index (χ2n) is 12.0. The van der Waals surface area contributed by atoms with Gasteiger partial charge in [0, 0.05) is 42.5 Å². The number of nitrogens with two attached hydrogens (primary N) is 1. The molecule has 5 heterocycles. The molecule has 16 heteroatoms. The topological polar surface area (TPSA) is 117 Å². The monoisotopic (exact) mass is 684 g/mol. The van der Waals surface area contributed by atoms with Crippen molar-refractivity contribution < 1.29 is 31.1 Å². The molecule has 0 bridgehead atoms. The molecule has 48 heavy (non-hydrogen) atoms. The highest BCUT2D eigenvalue weighted by Gasteiger charge is 2.49. The summed E-state index contributed by atoms with van der Waals surface area (Å²) in [4.78, 5) is 12.2. The fraction of sp³-hybridized carbons (Fsp3) is 0.344. The number of thiophene rings is 1. The van der Waals surface area contributed by atoms with E-state index in [1.54, 1.807) is 12.1 Å². The number of rotatable bonds is 7. The average molecular weight is 685 g/mol. The Kier molecular flexibility index (Phi) is 7.79. The minimum atomic E-state index is -5.11. The second kappa shape index (κ2) is 11.7. The van der Waals surface area contributed by atoms with Crippen molar-refractivity contribution in [3.63, 3.8) is 0 Å². The maximum atomic E-state index is 16.9. The van der Waals surface area contributed by atoms with Crippen LogP contribution in [0.5, 0.6) is 6.01 Å². The lowest BCUT2D eigenvalue weighted by Gasteiger charge is -2.31. The van der Waals surface area contributed by atoms with Crippen LogP contribution < -0.4 is 15.4 Å². The predicted molar refractivity (Wildman–Crippen MR) is 167 cm³/mol. The smallest absolute Gasteiger partial charge is 0.417 e. The van der Waals surface area contributed by atoms with Crippen LogP contribution >= 0.6 is 11.3 Å². The summed E-state index contributed by atoms with van der Waals surface area (Å²) in [6.07, 6.45) is -2.95. The third-order valence-electron chi connectivity index (χ3n) is 9.01. The fourth-order valence-electron chi connectivity index (χ4n) is 6.93. The maximum Gasteiger partial charge on any atom is 0.417 e. The number of anilines is 2. The van der Waals surface area contributed by atoms with E-state index in [0.717, 1.165) is 24.6 Å². The van der Waals surface area contributed by atoms with Crippen molar-refractivity contribution in [3.8, 4) is 23.2 Å². The van der Waals surface area contributed by atoms with Gasteiger partial charge in [-0.05, 0) is 49.2 Å². The average Bonchev–Trinajstić information content (AvgIpc) is 3.69. The molecule has 9 nitrogen and oxygen atoms in total. The van der Waals surface area contributed by atoms with Gasteiger partial charge in [-0.3, -0.25) is 4.90 Å². The Labute approximate surface area is 273 Å². The second-order valence-corrected chi connectivity index (χ2v) is 13.1. The van der Waals surface area contributed by atoms with Gasteiger partial charge in [-0.1, -0.05) is 6.07 Å². The minimum Gasteiger partial charge on any atom is -0.461 e. The van der Waals surface area contributed by atoms with Crippen LogP contribution in [0.4, 0.5) is 37.2 Å². The number of hydrogen-bond donors (Lipinski definition) is 1. The molecule has 0 aliphatic carbocycles. The normalized spacial score (nSPS) is 19.6. The van der Waals surface area contributed by atoms with Crippen LogP contribution in [-0.4, -0.2) is 63.5 Å². The summed E-state index contributed by atoms with van der Waals surface area (Å²) < 4.78 is 96.6. The van der Waals surface area contributed by atoms with E-state index in [1.807, 2.05) is 11.0 Å². The van der Waals surface area contributed by atoms with Crippen LogP contribution in [0.25, 0.3) is 32.1 Å². The third-order valence-corrected chi connectivity index (χ3v) is 10.0. The number of nitriles is 1. The molecule has 7 rings (SSSR count). The van der Waals surface area contributed by atoms with E-state index < -0.39 is 46.2 Å². The highest BCUT2D eigenvalue weighted by atomic mass is 32.1. The van der Waals surface area contributed by atoms with Crippen molar-refractivity contribution in [1.29, 1.82) is 5.26 Å². The van der Waals surface area contributed by atoms with Crippen LogP contribution in [-0.2, 0) is 12.7 Å². The molecule has 0 radical (unpaired) electrons. The summed E-state index contributed by atoms with van der Waals surface area (Å²) >= 11 is 0.680. The predicted octanol–water partition coefficient (Wildman–Crippen LogP) is 6.64. The van der Waals surface area contributed by atoms with Gasteiger partial charge in [0.05, 0.1) is 33.6 Å². The zero-order chi connectivity index (χ0) is 34.0. The van der Waals surface area contributed by atoms with Gasteiger partial charge in [0.2, 0.25) is 0 Å². The molecule has 2 aromatic carbocycles. The summed E-state index contributed by atoms with van der Waals surface area (Å²) in [5.74, 6) is -2.29. The summed E-state index contributed by atoms with van der Waals surface area (Å²) in [5.41, 5.74) is 2.31. The zero-order valence-electron chi connectivity index (χ0n) is 25.3. The number of aromatic nitrogens is 4. The Morgan fingerprint density at radius 3 is 2.77 bits per heavy atom. The Morgan fingerprint density at radius 2 is 2.04 bits per heavy atom. The minimum absolute atomic E-state index is 0.0142. The van der Waals surface area contributed by atoms with Gasteiger partial charge in [0.1, 0.15) is 41.0 Å². The van der Waals surface area contributed by atoms with E-state index in [9.17, 15) is 27.2 Å². The van der Waals surface area contributed by atoms with Crippen molar-refractivity contribution in [2.45, 2.75) is 43.7 Å². The molecule has 2 N–H and O–H groups in total. The van der Waals surface area contributed by atoms with Gasteiger partial charge >= 0.3 is 12.2 Å². The largest absolute Gasteiger partial charge is 0.461 e. The van der Waals surface area contributed by atoms with Crippen molar-refractivity contribution in [2.75, 3.05) is 37.4 Å². The molecule has 2 aliphatic rings. The lowest BCUT2D eigenvalue weighted by molar-refractivity contribution is -0.137. The van der Waals surface area contributed by atoms with E-state index in [1.165, 1.54) is 18.1 Å². The highest BCUT2D eigenvalue weighted by molar-refractivity contribution is 7.23. The lowest BCUT2D eigenvalue weighted by atomic mass is 9.92. The van der Waals surface area contributed by atoms with Crippen LogP contribution in [0.15, 0.2) is 36.5 Å². The first-order chi connectivity index (χ1) is 22.9. The van der Waals surface area contributed by atoms with E-state index >= 15 is 4.39 Å². The van der Waals surface area contributed by atoms with Crippen LogP contribution in [0.1, 0.15) is 36.1 Å². The summed E-state index contributed by atoms with van der Waals surface area (Å²) in [6, 6.07) is 7.42. The van der Waals surface area contributed by atoms with Crippen LogP contribution in [0.2, 0.25) is 0 Å². The Bertz CT molecular complexity index is 2100. The van der Waals surface area contributed by atoms with Crippen molar-refractivity contribution in [3.05, 3.63) is 65.0 Å². The quantitative estimate of drug-likeness (QED) is 0.188. The molecule has 5 aromatic rings. The zero-order valence-corrected chi connectivity index (χ0v) is 26.1. The Morgan fingerprint density at radius 1 is 1.23 bits per heavy atom. The van der Waals surface area contributed by atoms with Crippen LogP contribution in [0, 0.1) is 23.0 Å². The van der Waals surface area contributed by atoms with Gasteiger partial charge in [-0.25, -0.2) is 13.2 Å². The molecule has 2 fully saturated rings. The van der Waals surface area contributed by atoms with Gasteiger partial charge in [0.25, 0.3) is 0 Å². The molecule has 0 spiro atoms. The van der Waals surface area contributed by atoms with Gasteiger partial charge < -0.3 is 15.4 Å². The molecule has 2 saturated heterocycles. The number of nitrogens with zero attached hydrogens (tertiary/aromatic N) is 7. The number of alkyl halides is 4. The van der Waals surface area contributed by atoms with Gasteiger partial charge in [-0.2, -0.15) is 38.6 Å². The van der Waals surface area contributed by atoms with Gasteiger partial charge in [0.15, 0.2) is 5.82 Å². The SMILES string of the molecule is CN(Cc1cccnn1)c1nc(OCC23CCCN2CC(F)C3)nc2c(F)c(-c3ccc(F)c4sc(N)c(C#N)c34)c(C(F)(F)F)cc12. The van der Waals surface area contributed by atoms with E-state index in [4.69, 9.17) is 10.5 Å². The number of halogens is 6. The number of fused-ring (bicyclic) bond motifs is 3. The highest BCUT2D eigenvalue weighted by Crippen LogP contribution is 2.48. The lowest BCUT2D eigenvalue weighted by Crippen LogP contribution is -2.43. The molecular formula is C32H26F6N8OS. The molecule has 0 saturated carbocycles. The van der Waals surface area contributed by atoms with E-state index in [-0.39, 0.29) is 69.5 Å². The van der Waals surface area contributed by atoms with Crippen molar-refractivity contribution >= 4 is 43.1 Å². The number of nitrogen functional groups attached to an aromatic ring is 1. The fourth-order valence-corrected chi connectivity index (χ4v) is 7.87. The molecule has 248 valence electrons. The Balaban J connectivity index is 1.45. The maximum absolute atomic E-state index is 16.9. The first-order valence-electron chi connectivity index (χ1n) is 14.9. The summed E-state index contributed by atoms with van der Waals surface area (Å²) in [5, 5.41) is 17.0. The molecule has 3 aromatic heterocycles. The van der Waals surface area contributed by atoms with Crippen molar-refractivity contribution in [1.82, 2.24) is 25.1 Å². The summed E-state index contributed by atoms with van der Waals surface area (Å²) in [6.45, 7) is 0.968. The number of benzene rings is 2. The summed E-state index contributed by atoms with van der Waals surface area (Å²) in [7, 11) is 1.54.